The van der Waals surface area contributed by atoms with Gasteiger partial charge < -0.3 is 25.7 Å². The van der Waals surface area contributed by atoms with E-state index >= 15 is 0 Å². The Hall–Kier alpha value is -1.89. The summed E-state index contributed by atoms with van der Waals surface area (Å²) in [4.78, 5) is 14.6. The number of H-pyrrole nitrogens is 1. The van der Waals surface area contributed by atoms with Crippen molar-refractivity contribution in [3.05, 3.63) is 35.5 Å². The molecule has 0 aliphatic heterocycles. The average Bonchev–Trinajstić information content (AvgIpc) is 2.90. The zero-order valence-electron chi connectivity index (χ0n) is 11.9. The molecular weight excluding hydrogens is 272 g/mol. The highest BCUT2D eigenvalue weighted by atomic mass is 16.5. The third-order valence-electron chi connectivity index (χ3n) is 3.31. The number of nitrogens with one attached hydrogen (secondary N) is 1. The van der Waals surface area contributed by atoms with Gasteiger partial charge in [-0.2, -0.15) is 0 Å². The van der Waals surface area contributed by atoms with E-state index < -0.39 is 18.2 Å². The molecule has 6 nitrogen and oxygen atoms in total. The van der Waals surface area contributed by atoms with Crippen LogP contribution in [0.15, 0.2) is 24.3 Å². The van der Waals surface area contributed by atoms with Crippen molar-refractivity contribution in [3.8, 4) is 0 Å². The molecule has 2 rings (SSSR count). The van der Waals surface area contributed by atoms with Crippen molar-refractivity contribution in [2.24, 2.45) is 5.73 Å². The lowest BCUT2D eigenvalue weighted by atomic mass is 10.0. The average molecular weight is 292 g/mol. The number of carbonyl (C=O) groups excluding carboxylic acids is 1. The Morgan fingerprint density at radius 3 is 2.81 bits per heavy atom. The standard InChI is InChI=1S/C15H20N2O4/c1-2-21-15(20)12-7-9-3-4-10(8-11(9)17-12)14(19)13(18)5-6-16/h3-4,7-8,13-14,17-19H,2,5-6,16H2,1H3. The first-order valence-corrected chi connectivity index (χ1v) is 6.92. The van der Waals surface area contributed by atoms with Crippen molar-refractivity contribution >= 4 is 16.9 Å². The van der Waals surface area contributed by atoms with E-state index in [0.29, 0.717) is 36.3 Å². The second-order valence-electron chi connectivity index (χ2n) is 4.84. The topological polar surface area (TPSA) is 109 Å². The maximum atomic E-state index is 11.7. The number of hydrogen-bond donors (Lipinski definition) is 4. The van der Waals surface area contributed by atoms with Crippen LogP contribution in [0.1, 0.15) is 35.5 Å². The van der Waals surface area contributed by atoms with Crippen LogP contribution in [-0.2, 0) is 4.74 Å². The summed E-state index contributed by atoms with van der Waals surface area (Å²) in [6.07, 6.45) is -1.60. The SMILES string of the molecule is CCOC(=O)c1cc2ccc(C(O)C(O)CCN)cc2[nH]1. The van der Waals surface area contributed by atoms with Crippen molar-refractivity contribution in [1.29, 1.82) is 0 Å². The molecular formula is C15H20N2O4. The van der Waals surface area contributed by atoms with Crippen LogP contribution in [0.3, 0.4) is 0 Å². The third-order valence-corrected chi connectivity index (χ3v) is 3.31. The molecule has 1 heterocycles. The largest absolute Gasteiger partial charge is 0.461 e. The minimum atomic E-state index is -1.01. The molecule has 0 bridgehead atoms. The molecule has 0 fully saturated rings. The van der Waals surface area contributed by atoms with Crippen LogP contribution in [0.25, 0.3) is 10.9 Å². The zero-order chi connectivity index (χ0) is 15.4. The van der Waals surface area contributed by atoms with E-state index in [1.165, 1.54) is 0 Å². The minimum absolute atomic E-state index is 0.302. The number of benzene rings is 1. The second-order valence-corrected chi connectivity index (χ2v) is 4.84. The predicted octanol–water partition coefficient (Wildman–Crippen LogP) is 1.09. The fourth-order valence-electron chi connectivity index (χ4n) is 2.20. The van der Waals surface area contributed by atoms with Gasteiger partial charge in [0.05, 0.1) is 12.7 Å². The molecule has 0 aliphatic rings. The molecule has 2 unspecified atom stereocenters. The third kappa shape index (κ3) is 3.41. The van der Waals surface area contributed by atoms with E-state index in [-0.39, 0.29) is 0 Å². The Labute approximate surface area is 122 Å². The quantitative estimate of drug-likeness (QED) is 0.596. The molecule has 0 aliphatic carbocycles. The van der Waals surface area contributed by atoms with Gasteiger partial charge in [-0.25, -0.2) is 4.79 Å². The van der Waals surface area contributed by atoms with Crippen molar-refractivity contribution in [2.45, 2.75) is 25.6 Å². The monoisotopic (exact) mass is 292 g/mol. The van der Waals surface area contributed by atoms with Crippen LogP contribution in [0, 0.1) is 0 Å². The molecule has 0 amide bonds. The van der Waals surface area contributed by atoms with E-state index in [1.54, 1.807) is 31.2 Å². The normalized spacial score (nSPS) is 14.1. The van der Waals surface area contributed by atoms with Gasteiger partial charge in [-0.3, -0.25) is 0 Å². The molecule has 5 N–H and O–H groups in total. The Morgan fingerprint density at radius 2 is 2.14 bits per heavy atom. The van der Waals surface area contributed by atoms with Crippen LogP contribution >= 0.6 is 0 Å². The lowest BCUT2D eigenvalue weighted by Crippen LogP contribution is -2.21. The number of hydrogen-bond acceptors (Lipinski definition) is 5. The van der Waals surface area contributed by atoms with Crippen LogP contribution in [0.4, 0.5) is 0 Å². The zero-order valence-corrected chi connectivity index (χ0v) is 11.9. The summed E-state index contributed by atoms with van der Waals surface area (Å²) in [5, 5.41) is 20.7. The first kappa shape index (κ1) is 15.5. The molecule has 0 radical (unpaired) electrons. The van der Waals surface area contributed by atoms with Gasteiger partial charge in [-0.15, -0.1) is 0 Å². The minimum Gasteiger partial charge on any atom is -0.461 e. The Kier molecular flexibility index (Phi) is 4.95. The van der Waals surface area contributed by atoms with Crippen LogP contribution in [0.2, 0.25) is 0 Å². The summed E-state index contributed by atoms with van der Waals surface area (Å²) in [5.74, 6) is -0.418. The van der Waals surface area contributed by atoms with Gasteiger partial charge in [-0.1, -0.05) is 12.1 Å². The van der Waals surface area contributed by atoms with Gasteiger partial charge in [0.15, 0.2) is 0 Å². The van der Waals surface area contributed by atoms with Crippen molar-refractivity contribution in [1.82, 2.24) is 4.98 Å². The number of carbonyl (C=O) groups is 1. The molecule has 0 saturated heterocycles. The number of ether oxygens (including phenoxy) is 1. The van der Waals surface area contributed by atoms with Crippen LogP contribution in [0.5, 0.6) is 0 Å². The molecule has 0 spiro atoms. The number of esters is 1. The Morgan fingerprint density at radius 1 is 1.38 bits per heavy atom. The highest BCUT2D eigenvalue weighted by Gasteiger charge is 2.18. The Balaban J connectivity index is 2.27. The van der Waals surface area contributed by atoms with Gasteiger partial charge in [0.1, 0.15) is 11.8 Å². The second kappa shape index (κ2) is 6.71. The van der Waals surface area contributed by atoms with Gasteiger partial charge in [0, 0.05) is 10.9 Å². The van der Waals surface area contributed by atoms with Crippen molar-refractivity contribution in [3.63, 3.8) is 0 Å². The van der Waals surface area contributed by atoms with E-state index in [9.17, 15) is 15.0 Å². The number of nitrogens with two attached hydrogens (primary N) is 1. The summed E-state index contributed by atoms with van der Waals surface area (Å²) in [6.45, 7) is 2.35. The fourth-order valence-corrected chi connectivity index (χ4v) is 2.20. The van der Waals surface area contributed by atoms with E-state index in [2.05, 4.69) is 4.98 Å². The number of rotatable bonds is 6. The summed E-state index contributed by atoms with van der Waals surface area (Å²) in [5.41, 5.74) is 7.01. The fraction of sp³-hybridized carbons (Fsp3) is 0.400. The first-order chi connectivity index (χ1) is 10.1. The van der Waals surface area contributed by atoms with Gasteiger partial charge in [0.2, 0.25) is 0 Å². The number of aliphatic hydroxyl groups is 2. The van der Waals surface area contributed by atoms with Crippen molar-refractivity contribution in [2.75, 3.05) is 13.2 Å². The smallest absolute Gasteiger partial charge is 0.354 e. The summed E-state index contributed by atoms with van der Waals surface area (Å²) in [7, 11) is 0. The summed E-state index contributed by atoms with van der Waals surface area (Å²) in [6, 6.07) is 6.90. The predicted molar refractivity (Wildman–Crippen MR) is 78.9 cm³/mol. The lowest BCUT2D eigenvalue weighted by molar-refractivity contribution is 0.0151. The number of aromatic amines is 1. The number of aliphatic hydroxyl groups excluding tert-OH is 2. The molecule has 1 aromatic carbocycles. The maximum absolute atomic E-state index is 11.7. The molecule has 0 saturated carbocycles. The van der Waals surface area contributed by atoms with Gasteiger partial charge >= 0.3 is 5.97 Å². The lowest BCUT2D eigenvalue weighted by Gasteiger charge is -2.17. The van der Waals surface area contributed by atoms with Crippen molar-refractivity contribution < 1.29 is 19.7 Å². The van der Waals surface area contributed by atoms with Crippen LogP contribution in [-0.4, -0.2) is 40.4 Å². The number of aromatic nitrogens is 1. The molecule has 1 aromatic heterocycles. The van der Waals surface area contributed by atoms with E-state index in [1.807, 2.05) is 0 Å². The van der Waals surface area contributed by atoms with E-state index in [4.69, 9.17) is 10.5 Å². The first-order valence-electron chi connectivity index (χ1n) is 6.92. The van der Waals surface area contributed by atoms with Gasteiger partial charge in [0.25, 0.3) is 0 Å². The summed E-state index contributed by atoms with van der Waals surface area (Å²) >= 11 is 0. The maximum Gasteiger partial charge on any atom is 0.354 e. The number of fused-ring (bicyclic) bond motifs is 1. The highest BCUT2D eigenvalue weighted by Crippen LogP contribution is 2.24. The van der Waals surface area contributed by atoms with Gasteiger partial charge in [-0.05, 0) is 37.6 Å². The molecule has 21 heavy (non-hydrogen) atoms. The molecule has 6 heteroatoms. The van der Waals surface area contributed by atoms with Crippen LogP contribution < -0.4 is 5.73 Å². The Bertz CT molecular complexity index is 623. The van der Waals surface area contributed by atoms with E-state index in [0.717, 1.165) is 5.39 Å². The molecule has 2 atom stereocenters. The summed E-state index contributed by atoms with van der Waals surface area (Å²) < 4.78 is 4.93. The molecule has 114 valence electrons. The highest BCUT2D eigenvalue weighted by molar-refractivity contribution is 5.94. The molecule has 2 aromatic rings.